The predicted octanol–water partition coefficient (Wildman–Crippen LogP) is 3.51. The SMILES string of the molecule is CCOc1ccccc1OCC(=O)NCCSCc1ccccc1. The van der Waals surface area contributed by atoms with E-state index in [4.69, 9.17) is 9.47 Å². The largest absolute Gasteiger partial charge is 0.490 e. The van der Waals surface area contributed by atoms with E-state index in [0.29, 0.717) is 24.7 Å². The van der Waals surface area contributed by atoms with Gasteiger partial charge in [0.25, 0.3) is 5.91 Å². The Morgan fingerprint density at radius 1 is 1.00 bits per heavy atom. The zero-order valence-electron chi connectivity index (χ0n) is 13.9. The Kier molecular flexibility index (Phi) is 8.04. The van der Waals surface area contributed by atoms with Crippen LogP contribution < -0.4 is 14.8 Å². The monoisotopic (exact) mass is 345 g/mol. The highest BCUT2D eigenvalue weighted by molar-refractivity contribution is 7.98. The van der Waals surface area contributed by atoms with Gasteiger partial charge in [-0.25, -0.2) is 0 Å². The Morgan fingerprint density at radius 2 is 1.67 bits per heavy atom. The minimum absolute atomic E-state index is 0.00651. The van der Waals surface area contributed by atoms with Crippen molar-refractivity contribution in [3.8, 4) is 11.5 Å². The van der Waals surface area contributed by atoms with Crippen LogP contribution in [0.1, 0.15) is 12.5 Å². The Balaban J connectivity index is 1.62. The standard InChI is InChI=1S/C19H23NO3S/c1-2-22-17-10-6-7-11-18(17)23-14-19(21)20-12-13-24-15-16-8-4-3-5-9-16/h3-11H,2,12-15H2,1H3,(H,20,21). The highest BCUT2D eigenvalue weighted by Gasteiger charge is 2.06. The summed E-state index contributed by atoms with van der Waals surface area (Å²) < 4.78 is 11.0. The van der Waals surface area contributed by atoms with Crippen LogP contribution in [-0.4, -0.2) is 31.4 Å². The number of benzene rings is 2. The fourth-order valence-electron chi connectivity index (χ4n) is 2.07. The first kappa shape index (κ1) is 18.2. The molecule has 0 radical (unpaired) electrons. The number of amides is 1. The molecule has 0 saturated heterocycles. The summed E-state index contributed by atoms with van der Waals surface area (Å²) in [5, 5.41) is 2.87. The van der Waals surface area contributed by atoms with Gasteiger partial charge in [0.2, 0.25) is 0 Å². The lowest BCUT2D eigenvalue weighted by atomic mass is 10.2. The van der Waals surface area contributed by atoms with E-state index in [2.05, 4.69) is 17.4 Å². The Labute approximate surface area is 147 Å². The van der Waals surface area contributed by atoms with Gasteiger partial charge in [0.15, 0.2) is 18.1 Å². The normalized spacial score (nSPS) is 10.2. The molecular weight excluding hydrogens is 322 g/mol. The summed E-state index contributed by atoms with van der Waals surface area (Å²) in [5.74, 6) is 2.95. The lowest BCUT2D eigenvalue weighted by Gasteiger charge is -2.11. The molecule has 4 nitrogen and oxygen atoms in total. The molecular formula is C19H23NO3S. The van der Waals surface area contributed by atoms with E-state index in [0.717, 1.165) is 11.5 Å². The van der Waals surface area contributed by atoms with Gasteiger partial charge in [-0.1, -0.05) is 42.5 Å². The summed E-state index contributed by atoms with van der Waals surface area (Å²) in [6, 6.07) is 17.7. The first-order valence-electron chi connectivity index (χ1n) is 8.02. The summed E-state index contributed by atoms with van der Waals surface area (Å²) in [5.41, 5.74) is 1.30. The second kappa shape index (κ2) is 10.6. The van der Waals surface area contributed by atoms with Crippen molar-refractivity contribution >= 4 is 17.7 Å². The van der Waals surface area contributed by atoms with Crippen molar-refractivity contribution in [2.45, 2.75) is 12.7 Å². The van der Waals surface area contributed by atoms with E-state index in [1.807, 2.05) is 43.3 Å². The van der Waals surface area contributed by atoms with Gasteiger partial charge in [-0.2, -0.15) is 11.8 Å². The summed E-state index contributed by atoms with van der Waals surface area (Å²) in [4.78, 5) is 11.8. The molecule has 0 spiro atoms. The average molecular weight is 345 g/mol. The van der Waals surface area contributed by atoms with Crippen molar-refractivity contribution in [1.29, 1.82) is 0 Å². The molecule has 128 valence electrons. The molecule has 2 rings (SSSR count). The van der Waals surface area contributed by atoms with Gasteiger partial charge in [0, 0.05) is 18.1 Å². The Hall–Kier alpha value is -2.14. The summed E-state index contributed by atoms with van der Waals surface area (Å²) in [7, 11) is 0. The number of hydrogen-bond acceptors (Lipinski definition) is 4. The van der Waals surface area contributed by atoms with Gasteiger partial charge in [0.1, 0.15) is 0 Å². The van der Waals surface area contributed by atoms with E-state index in [9.17, 15) is 4.79 Å². The van der Waals surface area contributed by atoms with Crippen LogP contribution in [-0.2, 0) is 10.5 Å². The highest BCUT2D eigenvalue weighted by Crippen LogP contribution is 2.26. The molecule has 1 N–H and O–H groups in total. The molecule has 0 saturated carbocycles. The lowest BCUT2D eigenvalue weighted by molar-refractivity contribution is -0.122. The van der Waals surface area contributed by atoms with Gasteiger partial charge in [0.05, 0.1) is 6.61 Å². The molecule has 1 amide bonds. The topological polar surface area (TPSA) is 47.6 Å². The summed E-state index contributed by atoms with van der Waals surface area (Å²) in [6.07, 6.45) is 0. The van der Waals surface area contributed by atoms with E-state index in [-0.39, 0.29) is 12.5 Å². The van der Waals surface area contributed by atoms with Crippen LogP contribution >= 0.6 is 11.8 Å². The number of carbonyl (C=O) groups excluding carboxylic acids is 1. The number of rotatable bonds is 10. The maximum absolute atomic E-state index is 11.8. The molecule has 0 aliphatic rings. The number of thioether (sulfide) groups is 1. The van der Waals surface area contributed by atoms with Crippen molar-refractivity contribution in [1.82, 2.24) is 5.32 Å². The van der Waals surface area contributed by atoms with Gasteiger partial charge >= 0.3 is 0 Å². The minimum Gasteiger partial charge on any atom is -0.490 e. The first-order valence-corrected chi connectivity index (χ1v) is 9.18. The third-order valence-corrected chi connectivity index (χ3v) is 4.22. The second-order valence-corrected chi connectivity index (χ2v) is 6.16. The molecule has 5 heteroatoms. The Morgan fingerprint density at radius 3 is 2.38 bits per heavy atom. The number of hydrogen-bond donors (Lipinski definition) is 1. The van der Waals surface area contributed by atoms with Crippen LogP contribution in [0.5, 0.6) is 11.5 Å². The van der Waals surface area contributed by atoms with Crippen molar-refractivity contribution in [3.63, 3.8) is 0 Å². The van der Waals surface area contributed by atoms with E-state index < -0.39 is 0 Å². The number of carbonyl (C=O) groups is 1. The molecule has 0 unspecified atom stereocenters. The van der Waals surface area contributed by atoms with Gasteiger partial charge < -0.3 is 14.8 Å². The van der Waals surface area contributed by atoms with Crippen LogP contribution in [0.2, 0.25) is 0 Å². The average Bonchev–Trinajstić information content (AvgIpc) is 2.62. The molecule has 2 aromatic carbocycles. The van der Waals surface area contributed by atoms with Gasteiger partial charge in [-0.3, -0.25) is 4.79 Å². The van der Waals surface area contributed by atoms with E-state index in [1.54, 1.807) is 17.8 Å². The predicted molar refractivity (Wildman–Crippen MR) is 98.7 cm³/mol. The molecule has 24 heavy (non-hydrogen) atoms. The molecule has 0 atom stereocenters. The maximum atomic E-state index is 11.8. The van der Waals surface area contributed by atoms with E-state index in [1.165, 1.54) is 5.56 Å². The molecule has 0 fully saturated rings. The van der Waals surface area contributed by atoms with Crippen molar-refractivity contribution in [2.75, 3.05) is 25.5 Å². The van der Waals surface area contributed by atoms with Crippen LogP contribution in [0.4, 0.5) is 0 Å². The highest BCUT2D eigenvalue weighted by atomic mass is 32.2. The fraction of sp³-hybridized carbons (Fsp3) is 0.316. The summed E-state index contributed by atoms with van der Waals surface area (Å²) >= 11 is 1.80. The fourth-order valence-corrected chi connectivity index (χ4v) is 2.88. The third kappa shape index (κ3) is 6.54. The van der Waals surface area contributed by atoms with Crippen molar-refractivity contribution in [3.05, 3.63) is 60.2 Å². The van der Waals surface area contributed by atoms with Gasteiger partial charge in [-0.15, -0.1) is 0 Å². The smallest absolute Gasteiger partial charge is 0.257 e. The molecule has 0 bridgehead atoms. The van der Waals surface area contributed by atoms with Crippen LogP contribution in [0.3, 0.4) is 0 Å². The number of ether oxygens (including phenoxy) is 2. The molecule has 0 aliphatic heterocycles. The molecule has 0 aliphatic carbocycles. The van der Waals surface area contributed by atoms with Crippen LogP contribution in [0.25, 0.3) is 0 Å². The molecule has 2 aromatic rings. The number of para-hydroxylation sites is 2. The molecule has 0 heterocycles. The second-order valence-electron chi connectivity index (χ2n) is 5.06. The van der Waals surface area contributed by atoms with Crippen molar-refractivity contribution < 1.29 is 14.3 Å². The first-order chi connectivity index (χ1) is 11.8. The lowest BCUT2D eigenvalue weighted by Crippen LogP contribution is -2.30. The quantitative estimate of drug-likeness (QED) is 0.670. The van der Waals surface area contributed by atoms with Crippen molar-refractivity contribution in [2.24, 2.45) is 0 Å². The maximum Gasteiger partial charge on any atom is 0.257 e. The van der Waals surface area contributed by atoms with Crippen LogP contribution in [0, 0.1) is 0 Å². The Bertz CT molecular complexity index is 619. The number of nitrogens with one attached hydrogen (secondary N) is 1. The molecule has 0 aromatic heterocycles. The van der Waals surface area contributed by atoms with Crippen LogP contribution in [0.15, 0.2) is 54.6 Å². The van der Waals surface area contributed by atoms with Gasteiger partial charge in [-0.05, 0) is 24.6 Å². The zero-order valence-corrected chi connectivity index (χ0v) is 14.7. The third-order valence-electron chi connectivity index (χ3n) is 3.19. The van der Waals surface area contributed by atoms with E-state index >= 15 is 0 Å². The summed E-state index contributed by atoms with van der Waals surface area (Å²) in [6.45, 7) is 3.10. The minimum atomic E-state index is -0.124. The zero-order chi connectivity index (χ0) is 17.0.